The lowest BCUT2D eigenvalue weighted by Gasteiger charge is -2.32. The normalized spacial score (nSPS) is 18.2. The van der Waals surface area contributed by atoms with E-state index in [1.165, 1.54) is 0 Å². The van der Waals surface area contributed by atoms with Gasteiger partial charge in [0.2, 0.25) is 5.91 Å². The molecule has 18 heavy (non-hydrogen) atoms. The van der Waals surface area contributed by atoms with Crippen molar-refractivity contribution < 1.29 is 4.79 Å². The van der Waals surface area contributed by atoms with Gasteiger partial charge in [-0.15, -0.1) is 0 Å². The third kappa shape index (κ3) is 6.93. The molecule has 2 N–H and O–H groups in total. The summed E-state index contributed by atoms with van der Waals surface area (Å²) >= 11 is 0. The molecule has 5 nitrogen and oxygen atoms in total. The minimum Gasteiger partial charge on any atom is -0.354 e. The van der Waals surface area contributed by atoms with Crippen molar-refractivity contribution in [2.75, 3.05) is 52.9 Å². The second-order valence-corrected chi connectivity index (χ2v) is 5.37. The Morgan fingerprint density at radius 1 is 1.17 bits per heavy atom. The summed E-state index contributed by atoms with van der Waals surface area (Å²) in [5, 5.41) is 6.22. The zero-order chi connectivity index (χ0) is 13.4. The highest BCUT2D eigenvalue weighted by atomic mass is 16.1. The molecule has 1 aliphatic heterocycles. The average molecular weight is 256 g/mol. The van der Waals surface area contributed by atoms with E-state index in [-0.39, 0.29) is 11.9 Å². The van der Waals surface area contributed by atoms with E-state index < -0.39 is 0 Å². The number of piperazine rings is 1. The van der Waals surface area contributed by atoms with Gasteiger partial charge in [-0.1, -0.05) is 0 Å². The largest absolute Gasteiger partial charge is 0.354 e. The van der Waals surface area contributed by atoms with E-state index in [4.69, 9.17) is 0 Å². The highest BCUT2D eigenvalue weighted by Gasteiger charge is 2.12. The molecule has 1 saturated heterocycles. The number of nitrogens with one attached hydrogen (secondary N) is 2. The average Bonchev–Trinajstić information content (AvgIpc) is 2.30. The highest BCUT2D eigenvalue weighted by molar-refractivity contribution is 5.76. The Morgan fingerprint density at radius 3 is 2.44 bits per heavy atom. The Labute approximate surface area is 111 Å². The summed E-state index contributed by atoms with van der Waals surface area (Å²) in [6.07, 6.45) is 0.570. The molecule has 0 aromatic carbocycles. The first kappa shape index (κ1) is 15.4. The summed E-state index contributed by atoms with van der Waals surface area (Å²) in [6.45, 7) is 11.4. The molecule has 0 saturated carbocycles. The SMILES string of the molecule is CC(C)NC(=O)CCNCCN1CCN(C)CC1. The van der Waals surface area contributed by atoms with Crippen molar-refractivity contribution in [1.29, 1.82) is 0 Å². The molecule has 106 valence electrons. The Balaban J connectivity index is 1.94. The molecule has 1 rings (SSSR count). The van der Waals surface area contributed by atoms with Crippen molar-refractivity contribution in [2.24, 2.45) is 0 Å². The van der Waals surface area contributed by atoms with E-state index >= 15 is 0 Å². The molecule has 0 aromatic heterocycles. The predicted molar refractivity (Wildman–Crippen MR) is 74.7 cm³/mol. The third-order valence-electron chi connectivity index (χ3n) is 3.18. The van der Waals surface area contributed by atoms with Gasteiger partial charge in [0.1, 0.15) is 0 Å². The van der Waals surface area contributed by atoms with Crippen molar-refractivity contribution in [3.63, 3.8) is 0 Å². The lowest BCUT2D eigenvalue weighted by atomic mass is 10.3. The Kier molecular flexibility index (Phi) is 7.23. The van der Waals surface area contributed by atoms with Gasteiger partial charge < -0.3 is 15.5 Å². The first-order chi connectivity index (χ1) is 8.58. The quantitative estimate of drug-likeness (QED) is 0.616. The Bertz CT molecular complexity index is 237. The summed E-state index contributed by atoms with van der Waals surface area (Å²) in [5.74, 6) is 0.136. The van der Waals surface area contributed by atoms with E-state index in [0.717, 1.165) is 45.8 Å². The van der Waals surface area contributed by atoms with Gasteiger partial charge in [0.25, 0.3) is 0 Å². The summed E-state index contributed by atoms with van der Waals surface area (Å²) < 4.78 is 0. The zero-order valence-electron chi connectivity index (χ0n) is 12.0. The van der Waals surface area contributed by atoms with Crippen LogP contribution in [0.4, 0.5) is 0 Å². The summed E-state index contributed by atoms with van der Waals surface area (Å²) in [4.78, 5) is 16.2. The first-order valence-electron chi connectivity index (χ1n) is 6.99. The lowest BCUT2D eigenvalue weighted by molar-refractivity contribution is -0.121. The van der Waals surface area contributed by atoms with Crippen molar-refractivity contribution in [3.8, 4) is 0 Å². The number of hydrogen-bond acceptors (Lipinski definition) is 4. The fraction of sp³-hybridized carbons (Fsp3) is 0.923. The molecule has 0 atom stereocenters. The molecule has 1 fully saturated rings. The van der Waals surface area contributed by atoms with Crippen LogP contribution in [0.5, 0.6) is 0 Å². The monoisotopic (exact) mass is 256 g/mol. The van der Waals surface area contributed by atoms with Gasteiger partial charge in [-0.3, -0.25) is 9.69 Å². The maximum atomic E-state index is 11.4. The zero-order valence-corrected chi connectivity index (χ0v) is 12.0. The molecule has 1 aliphatic rings. The van der Waals surface area contributed by atoms with Gasteiger partial charge in [0, 0.05) is 58.3 Å². The van der Waals surface area contributed by atoms with Crippen LogP contribution in [0.25, 0.3) is 0 Å². The summed E-state index contributed by atoms with van der Waals surface area (Å²) in [6, 6.07) is 0.239. The number of carbonyl (C=O) groups is 1. The molecule has 0 bridgehead atoms. The molecular weight excluding hydrogens is 228 g/mol. The second-order valence-electron chi connectivity index (χ2n) is 5.37. The first-order valence-corrected chi connectivity index (χ1v) is 6.99. The Hall–Kier alpha value is -0.650. The van der Waals surface area contributed by atoms with Crippen LogP contribution in [-0.4, -0.2) is 74.6 Å². The van der Waals surface area contributed by atoms with Crippen LogP contribution in [0.15, 0.2) is 0 Å². The molecule has 1 heterocycles. The topological polar surface area (TPSA) is 47.6 Å². The lowest BCUT2D eigenvalue weighted by Crippen LogP contribution is -2.46. The van der Waals surface area contributed by atoms with Gasteiger partial charge in [-0.25, -0.2) is 0 Å². The van der Waals surface area contributed by atoms with Crippen molar-refractivity contribution in [3.05, 3.63) is 0 Å². The predicted octanol–water partition coefficient (Wildman–Crippen LogP) is -0.262. The smallest absolute Gasteiger partial charge is 0.221 e. The number of nitrogens with zero attached hydrogens (tertiary/aromatic N) is 2. The van der Waals surface area contributed by atoms with E-state index in [0.29, 0.717) is 6.42 Å². The van der Waals surface area contributed by atoms with Crippen LogP contribution < -0.4 is 10.6 Å². The minimum atomic E-state index is 0.136. The van der Waals surface area contributed by atoms with Crippen LogP contribution >= 0.6 is 0 Å². The van der Waals surface area contributed by atoms with Gasteiger partial charge in [0.15, 0.2) is 0 Å². The van der Waals surface area contributed by atoms with E-state index in [1.54, 1.807) is 0 Å². The molecule has 0 aromatic rings. The maximum absolute atomic E-state index is 11.4. The van der Waals surface area contributed by atoms with Crippen molar-refractivity contribution in [2.45, 2.75) is 26.3 Å². The van der Waals surface area contributed by atoms with Gasteiger partial charge in [0.05, 0.1) is 0 Å². The molecule has 1 amide bonds. The van der Waals surface area contributed by atoms with Gasteiger partial charge in [-0.2, -0.15) is 0 Å². The number of carbonyl (C=O) groups excluding carboxylic acids is 1. The Morgan fingerprint density at radius 2 is 1.83 bits per heavy atom. The second kappa shape index (κ2) is 8.45. The third-order valence-corrected chi connectivity index (χ3v) is 3.18. The number of hydrogen-bond donors (Lipinski definition) is 2. The minimum absolute atomic E-state index is 0.136. The summed E-state index contributed by atoms with van der Waals surface area (Å²) in [5.41, 5.74) is 0. The van der Waals surface area contributed by atoms with Crippen LogP contribution in [0.1, 0.15) is 20.3 Å². The van der Waals surface area contributed by atoms with Gasteiger partial charge in [-0.05, 0) is 20.9 Å². The maximum Gasteiger partial charge on any atom is 0.221 e. The molecule has 5 heteroatoms. The number of rotatable bonds is 7. The molecule has 0 unspecified atom stereocenters. The standard InChI is InChI=1S/C13H28N4O/c1-12(2)15-13(18)4-5-14-6-7-17-10-8-16(3)9-11-17/h12,14H,4-11H2,1-3H3,(H,15,18). The van der Waals surface area contributed by atoms with Crippen molar-refractivity contribution in [1.82, 2.24) is 20.4 Å². The molecule has 0 spiro atoms. The van der Waals surface area contributed by atoms with Crippen LogP contribution in [-0.2, 0) is 4.79 Å². The summed E-state index contributed by atoms with van der Waals surface area (Å²) in [7, 11) is 2.17. The van der Waals surface area contributed by atoms with Crippen LogP contribution in [0.2, 0.25) is 0 Å². The van der Waals surface area contributed by atoms with E-state index in [1.807, 2.05) is 13.8 Å². The van der Waals surface area contributed by atoms with E-state index in [9.17, 15) is 4.79 Å². The number of likely N-dealkylation sites (N-methyl/N-ethyl adjacent to an activating group) is 1. The van der Waals surface area contributed by atoms with Crippen molar-refractivity contribution >= 4 is 5.91 Å². The fourth-order valence-electron chi connectivity index (χ4n) is 2.03. The van der Waals surface area contributed by atoms with Gasteiger partial charge >= 0.3 is 0 Å². The highest BCUT2D eigenvalue weighted by Crippen LogP contribution is 1.97. The molecular formula is C13H28N4O. The van der Waals surface area contributed by atoms with Crippen LogP contribution in [0, 0.1) is 0 Å². The number of amides is 1. The molecule has 0 aliphatic carbocycles. The molecule has 0 radical (unpaired) electrons. The fourth-order valence-corrected chi connectivity index (χ4v) is 2.03. The van der Waals surface area contributed by atoms with Crippen LogP contribution in [0.3, 0.4) is 0 Å². The van der Waals surface area contributed by atoms with E-state index in [2.05, 4.69) is 27.5 Å².